The average molecular weight is 379 g/mol. The molecule has 2 aliphatic rings. The molecule has 0 saturated carbocycles. The van der Waals surface area contributed by atoms with Crippen molar-refractivity contribution in [2.75, 3.05) is 19.8 Å². The van der Waals surface area contributed by atoms with Crippen LogP contribution in [0.15, 0.2) is 34.9 Å². The van der Waals surface area contributed by atoms with Gasteiger partial charge in [0.25, 0.3) is 5.89 Å². The normalized spacial score (nSPS) is 19.2. The molecular weight excluding hydrogens is 354 g/mol. The van der Waals surface area contributed by atoms with Crippen molar-refractivity contribution in [3.63, 3.8) is 0 Å². The van der Waals surface area contributed by atoms with E-state index in [2.05, 4.69) is 47.7 Å². The minimum Gasteiger partial charge on any atom is -0.381 e. The van der Waals surface area contributed by atoms with Gasteiger partial charge in [-0.15, -0.1) is 0 Å². The standard InChI is InChI=1S/C21H25N5O2/c1-15-3-5-16(6-4-15)21(7-11-27-12-8-21)20-23-19(28-25-20)18-13-17-14-22-9-2-10-26(17)24-18/h3-6,13,22H,2,7-12,14H2,1H3. The van der Waals surface area contributed by atoms with Gasteiger partial charge in [0.1, 0.15) is 0 Å². The number of benzene rings is 1. The minimum absolute atomic E-state index is 0.272. The van der Waals surface area contributed by atoms with Crippen LogP contribution in [0.25, 0.3) is 11.6 Å². The zero-order valence-electron chi connectivity index (χ0n) is 16.1. The van der Waals surface area contributed by atoms with Gasteiger partial charge < -0.3 is 14.6 Å². The summed E-state index contributed by atoms with van der Waals surface area (Å²) in [4.78, 5) is 4.81. The Kier molecular flexibility index (Phi) is 4.49. The third-order valence-electron chi connectivity index (χ3n) is 5.92. The fourth-order valence-electron chi connectivity index (χ4n) is 4.22. The number of fused-ring (bicyclic) bond motifs is 1. The molecule has 0 aliphatic carbocycles. The Bertz CT molecular complexity index is 930. The molecule has 1 aromatic carbocycles. The van der Waals surface area contributed by atoms with Gasteiger partial charge in [-0.25, -0.2) is 0 Å². The van der Waals surface area contributed by atoms with E-state index in [4.69, 9.17) is 19.3 Å². The van der Waals surface area contributed by atoms with E-state index < -0.39 is 0 Å². The maximum atomic E-state index is 5.69. The van der Waals surface area contributed by atoms with Crippen LogP contribution < -0.4 is 5.32 Å². The van der Waals surface area contributed by atoms with E-state index in [1.54, 1.807) is 0 Å². The van der Waals surface area contributed by atoms with Crippen LogP contribution in [0.5, 0.6) is 0 Å². The fraction of sp³-hybridized carbons (Fsp3) is 0.476. The van der Waals surface area contributed by atoms with E-state index in [1.165, 1.54) is 11.1 Å². The quantitative estimate of drug-likeness (QED) is 0.754. The highest BCUT2D eigenvalue weighted by Crippen LogP contribution is 2.40. The maximum Gasteiger partial charge on any atom is 0.278 e. The first-order chi connectivity index (χ1) is 13.7. The van der Waals surface area contributed by atoms with Gasteiger partial charge in [0.15, 0.2) is 11.5 Å². The van der Waals surface area contributed by atoms with Gasteiger partial charge in [-0.05, 0) is 44.4 Å². The van der Waals surface area contributed by atoms with E-state index in [0.29, 0.717) is 19.1 Å². The van der Waals surface area contributed by atoms with Crippen LogP contribution in [-0.2, 0) is 23.2 Å². The Morgan fingerprint density at radius 3 is 2.79 bits per heavy atom. The Hall–Kier alpha value is -2.51. The number of aromatic nitrogens is 4. The van der Waals surface area contributed by atoms with Crippen LogP contribution in [0.4, 0.5) is 0 Å². The highest BCUT2D eigenvalue weighted by Gasteiger charge is 2.41. The number of aryl methyl sites for hydroxylation is 2. The molecule has 7 nitrogen and oxygen atoms in total. The van der Waals surface area contributed by atoms with E-state index >= 15 is 0 Å². The predicted molar refractivity (Wildman–Crippen MR) is 104 cm³/mol. The van der Waals surface area contributed by atoms with Gasteiger partial charge in [0.05, 0.1) is 11.1 Å². The first kappa shape index (κ1) is 17.6. The van der Waals surface area contributed by atoms with Crippen molar-refractivity contribution in [2.24, 2.45) is 0 Å². The molecule has 146 valence electrons. The largest absolute Gasteiger partial charge is 0.381 e. The van der Waals surface area contributed by atoms with E-state index in [9.17, 15) is 0 Å². The van der Waals surface area contributed by atoms with Crippen molar-refractivity contribution in [3.05, 3.63) is 53.0 Å². The number of rotatable bonds is 3. The third-order valence-corrected chi connectivity index (χ3v) is 5.92. The van der Waals surface area contributed by atoms with E-state index in [0.717, 1.165) is 56.1 Å². The molecule has 4 heterocycles. The smallest absolute Gasteiger partial charge is 0.278 e. The summed E-state index contributed by atoms with van der Waals surface area (Å²) in [5.41, 5.74) is 4.10. The van der Waals surface area contributed by atoms with Gasteiger partial charge in [-0.3, -0.25) is 4.68 Å². The predicted octanol–water partition coefficient (Wildman–Crippen LogP) is 2.83. The lowest BCUT2D eigenvalue weighted by molar-refractivity contribution is 0.0597. The van der Waals surface area contributed by atoms with Crippen molar-refractivity contribution in [3.8, 4) is 11.6 Å². The summed E-state index contributed by atoms with van der Waals surface area (Å²) in [7, 11) is 0. The van der Waals surface area contributed by atoms with Crippen molar-refractivity contribution in [1.29, 1.82) is 0 Å². The molecule has 5 rings (SSSR count). The van der Waals surface area contributed by atoms with Crippen LogP contribution in [0, 0.1) is 6.92 Å². The summed E-state index contributed by atoms with van der Waals surface area (Å²) < 4.78 is 13.4. The lowest BCUT2D eigenvalue weighted by Crippen LogP contribution is -2.36. The number of hydrogen-bond donors (Lipinski definition) is 1. The minimum atomic E-state index is -0.272. The summed E-state index contributed by atoms with van der Waals surface area (Å²) in [6, 6.07) is 10.7. The molecule has 2 aromatic heterocycles. The summed E-state index contributed by atoms with van der Waals surface area (Å²) in [5, 5.41) is 12.5. The average Bonchev–Trinajstić information content (AvgIpc) is 3.32. The lowest BCUT2D eigenvalue weighted by atomic mass is 9.73. The second-order valence-electron chi connectivity index (χ2n) is 7.76. The molecule has 0 unspecified atom stereocenters. The monoisotopic (exact) mass is 379 g/mol. The van der Waals surface area contributed by atoms with Crippen molar-refractivity contribution in [2.45, 2.75) is 44.7 Å². The molecule has 0 radical (unpaired) electrons. The molecule has 3 aromatic rings. The molecule has 28 heavy (non-hydrogen) atoms. The van der Waals surface area contributed by atoms with Gasteiger partial charge in [0, 0.05) is 26.3 Å². The molecular formula is C21H25N5O2. The summed E-state index contributed by atoms with van der Waals surface area (Å²) >= 11 is 0. The second kappa shape index (κ2) is 7.14. The molecule has 7 heteroatoms. The number of nitrogens with one attached hydrogen (secondary N) is 1. The Labute approximate surface area is 164 Å². The molecule has 0 bridgehead atoms. The van der Waals surface area contributed by atoms with Crippen molar-refractivity contribution in [1.82, 2.24) is 25.2 Å². The van der Waals surface area contributed by atoms with Crippen LogP contribution >= 0.6 is 0 Å². The Morgan fingerprint density at radius 2 is 1.96 bits per heavy atom. The zero-order valence-corrected chi connectivity index (χ0v) is 16.1. The first-order valence-corrected chi connectivity index (χ1v) is 10.0. The van der Waals surface area contributed by atoms with Gasteiger partial charge >= 0.3 is 0 Å². The summed E-state index contributed by atoms with van der Waals surface area (Å²) in [5.74, 6) is 1.23. The number of hydrogen-bond acceptors (Lipinski definition) is 6. The molecule has 1 saturated heterocycles. The fourth-order valence-corrected chi connectivity index (χ4v) is 4.22. The maximum absolute atomic E-state index is 5.69. The topological polar surface area (TPSA) is 78.0 Å². The number of ether oxygens (including phenoxy) is 1. The molecule has 1 fully saturated rings. The zero-order chi connectivity index (χ0) is 19.0. The number of nitrogens with zero attached hydrogens (tertiary/aromatic N) is 4. The van der Waals surface area contributed by atoms with E-state index in [1.807, 2.05) is 4.68 Å². The second-order valence-corrected chi connectivity index (χ2v) is 7.76. The van der Waals surface area contributed by atoms with Gasteiger partial charge in [0.2, 0.25) is 0 Å². The Balaban J connectivity index is 1.52. The van der Waals surface area contributed by atoms with Gasteiger partial charge in [-0.2, -0.15) is 10.1 Å². The molecule has 2 aliphatic heterocycles. The first-order valence-electron chi connectivity index (χ1n) is 10.0. The van der Waals surface area contributed by atoms with Crippen LogP contribution in [0.3, 0.4) is 0 Å². The SMILES string of the molecule is Cc1ccc(C2(c3noc(-c4cc5n(n4)CCCNC5)n3)CCOCC2)cc1. The van der Waals surface area contributed by atoms with Crippen LogP contribution in [-0.4, -0.2) is 39.7 Å². The molecule has 0 amide bonds. The highest BCUT2D eigenvalue weighted by atomic mass is 16.5. The van der Waals surface area contributed by atoms with Gasteiger partial charge in [-0.1, -0.05) is 35.0 Å². The molecule has 0 spiro atoms. The van der Waals surface area contributed by atoms with Crippen molar-refractivity contribution < 1.29 is 9.26 Å². The third kappa shape index (κ3) is 3.04. The summed E-state index contributed by atoms with van der Waals surface area (Å²) in [6.07, 6.45) is 2.76. The van der Waals surface area contributed by atoms with Crippen LogP contribution in [0.1, 0.15) is 41.9 Å². The molecule has 1 N–H and O–H groups in total. The molecule has 0 atom stereocenters. The highest BCUT2D eigenvalue weighted by molar-refractivity contribution is 5.48. The van der Waals surface area contributed by atoms with Crippen molar-refractivity contribution >= 4 is 0 Å². The van der Waals surface area contributed by atoms with E-state index in [-0.39, 0.29) is 5.41 Å². The lowest BCUT2D eigenvalue weighted by Gasteiger charge is -2.34. The Morgan fingerprint density at radius 1 is 1.14 bits per heavy atom. The van der Waals surface area contributed by atoms with Crippen LogP contribution in [0.2, 0.25) is 0 Å². The summed E-state index contributed by atoms with van der Waals surface area (Å²) in [6.45, 7) is 6.24.